The molecule has 0 unspecified atom stereocenters. The molecule has 0 atom stereocenters. The van der Waals surface area contributed by atoms with Gasteiger partial charge in [-0.15, -0.1) is 9.94 Å². The van der Waals surface area contributed by atoms with E-state index in [-0.39, 0.29) is 11.8 Å². The maximum absolute atomic E-state index is 11.7. The van der Waals surface area contributed by atoms with Crippen LogP contribution in [0.1, 0.15) is 32.7 Å². The summed E-state index contributed by atoms with van der Waals surface area (Å²) in [5.74, 6) is -0.631. The van der Waals surface area contributed by atoms with E-state index in [4.69, 9.17) is 4.84 Å². The molecule has 6 nitrogen and oxygen atoms in total. The second-order valence-corrected chi connectivity index (χ2v) is 4.47. The molecule has 2 aromatic rings. The van der Waals surface area contributed by atoms with Crippen molar-refractivity contribution in [3.63, 3.8) is 0 Å². The lowest BCUT2D eigenvalue weighted by Gasteiger charge is -2.07. The number of aryl methyl sites for hydroxylation is 1. The Bertz CT molecular complexity index is 650. The maximum Gasteiger partial charge on any atom is 0.259 e. The zero-order valence-corrected chi connectivity index (χ0v) is 10.7. The monoisotopic (exact) mass is 271 g/mol. The Morgan fingerprint density at radius 1 is 1.20 bits per heavy atom. The van der Waals surface area contributed by atoms with Gasteiger partial charge >= 0.3 is 0 Å². The summed E-state index contributed by atoms with van der Waals surface area (Å²) >= 11 is 0. The number of imide groups is 1. The molecule has 0 aliphatic carbocycles. The van der Waals surface area contributed by atoms with Crippen LogP contribution in [0, 0.1) is 0 Å². The molecular weight excluding hydrogens is 258 g/mol. The van der Waals surface area contributed by atoms with Gasteiger partial charge in [0.25, 0.3) is 11.8 Å². The van der Waals surface area contributed by atoms with Gasteiger partial charge in [-0.3, -0.25) is 14.9 Å². The molecule has 1 aromatic carbocycles. The van der Waals surface area contributed by atoms with Crippen molar-refractivity contribution in [2.45, 2.75) is 12.8 Å². The van der Waals surface area contributed by atoms with Gasteiger partial charge in [-0.25, -0.2) is 0 Å². The average Bonchev–Trinajstić information content (AvgIpc) is 3.05. The molecule has 0 fully saturated rings. The molecular formula is C14H13N3O3. The van der Waals surface area contributed by atoms with E-state index in [9.17, 15) is 9.59 Å². The highest BCUT2D eigenvalue weighted by Gasteiger charge is 2.28. The third-order valence-corrected chi connectivity index (χ3v) is 3.14. The molecule has 102 valence electrons. The van der Waals surface area contributed by atoms with Gasteiger partial charge in [0.05, 0.1) is 23.5 Å². The van der Waals surface area contributed by atoms with Crippen LogP contribution in [0.2, 0.25) is 0 Å². The predicted molar refractivity (Wildman–Crippen MR) is 70.2 cm³/mol. The summed E-state index contributed by atoms with van der Waals surface area (Å²) < 4.78 is 0. The summed E-state index contributed by atoms with van der Waals surface area (Å²) in [5.41, 5.74) is 1.83. The fraction of sp³-hybridized carbons (Fsp3) is 0.214. The van der Waals surface area contributed by atoms with Crippen LogP contribution in [0.15, 0.2) is 36.7 Å². The number of hydrogen-bond donors (Lipinski definition) is 1. The first-order valence-electron chi connectivity index (χ1n) is 6.36. The molecule has 0 saturated carbocycles. The van der Waals surface area contributed by atoms with Crippen LogP contribution in [0.4, 0.5) is 0 Å². The van der Waals surface area contributed by atoms with Crippen LogP contribution >= 0.6 is 0 Å². The topological polar surface area (TPSA) is 73.2 Å². The van der Waals surface area contributed by atoms with Gasteiger partial charge < -0.3 is 4.84 Å². The summed E-state index contributed by atoms with van der Waals surface area (Å²) in [4.78, 5) is 30.1. The van der Waals surface area contributed by atoms with E-state index in [1.54, 1.807) is 30.6 Å². The van der Waals surface area contributed by atoms with Crippen molar-refractivity contribution >= 4 is 11.8 Å². The Balaban J connectivity index is 1.64. The SMILES string of the molecule is O=C1NC(=O)c2c(CCCOn3cccn3)cccc21. The quantitative estimate of drug-likeness (QED) is 0.645. The van der Waals surface area contributed by atoms with E-state index >= 15 is 0 Å². The van der Waals surface area contributed by atoms with Gasteiger partial charge in [0.1, 0.15) is 6.61 Å². The average molecular weight is 271 g/mol. The highest BCUT2D eigenvalue weighted by molar-refractivity contribution is 6.22. The fourth-order valence-electron chi connectivity index (χ4n) is 2.25. The molecule has 20 heavy (non-hydrogen) atoms. The van der Waals surface area contributed by atoms with E-state index in [0.29, 0.717) is 24.2 Å². The Hall–Kier alpha value is -2.63. The lowest BCUT2D eigenvalue weighted by Crippen LogP contribution is -2.20. The number of carbonyl (C=O) groups is 2. The smallest absolute Gasteiger partial charge is 0.259 e. The first-order valence-corrected chi connectivity index (χ1v) is 6.36. The Morgan fingerprint density at radius 2 is 2.10 bits per heavy atom. The Morgan fingerprint density at radius 3 is 2.90 bits per heavy atom. The summed E-state index contributed by atoms with van der Waals surface area (Å²) in [7, 11) is 0. The molecule has 1 N–H and O–H groups in total. The second kappa shape index (κ2) is 5.16. The molecule has 1 aliphatic rings. The zero-order valence-electron chi connectivity index (χ0n) is 10.7. The van der Waals surface area contributed by atoms with Gasteiger partial charge in [0, 0.05) is 0 Å². The number of benzene rings is 1. The van der Waals surface area contributed by atoms with Crippen molar-refractivity contribution in [3.8, 4) is 0 Å². The molecule has 6 heteroatoms. The summed E-state index contributed by atoms with van der Waals surface area (Å²) in [5, 5.41) is 6.24. The molecule has 1 aliphatic heterocycles. The normalized spacial score (nSPS) is 13.2. The Labute approximate surface area is 115 Å². The number of rotatable bonds is 5. The van der Waals surface area contributed by atoms with Crippen molar-refractivity contribution < 1.29 is 14.4 Å². The fourth-order valence-corrected chi connectivity index (χ4v) is 2.25. The Kier molecular flexibility index (Phi) is 3.20. The van der Waals surface area contributed by atoms with Crippen molar-refractivity contribution in [2.24, 2.45) is 0 Å². The number of aromatic nitrogens is 2. The minimum Gasteiger partial charge on any atom is -0.397 e. The van der Waals surface area contributed by atoms with Crippen LogP contribution in [0.5, 0.6) is 0 Å². The van der Waals surface area contributed by atoms with Crippen LogP contribution < -0.4 is 10.2 Å². The highest BCUT2D eigenvalue weighted by atomic mass is 16.7. The lowest BCUT2D eigenvalue weighted by molar-refractivity contribution is 0.0805. The van der Waals surface area contributed by atoms with Crippen molar-refractivity contribution in [1.29, 1.82) is 0 Å². The van der Waals surface area contributed by atoms with Gasteiger partial charge in [0.2, 0.25) is 0 Å². The predicted octanol–water partition coefficient (Wildman–Crippen LogP) is 0.828. The number of nitrogens with zero attached hydrogens (tertiary/aromatic N) is 2. The first-order chi connectivity index (χ1) is 9.75. The number of nitrogens with one attached hydrogen (secondary N) is 1. The van der Waals surface area contributed by atoms with Gasteiger partial charge in [-0.1, -0.05) is 12.1 Å². The summed E-state index contributed by atoms with van der Waals surface area (Å²) in [6.07, 6.45) is 4.76. The molecule has 3 rings (SSSR count). The molecule has 0 bridgehead atoms. The standard InChI is InChI=1S/C14H13N3O3/c18-13-11-6-1-4-10(12(11)14(19)16-13)5-2-9-20-17-8-3-7-15-17/h1,3-4,6-8H,2,5,9H2,(H,16,18,19). The number of amides is 2. The number of carbonyl (C=O) groups excluding carboxylic acids is 2. The van der Waals surface area contributed by atoms with Crippen LogP contribution in [0.25, 0.3) is 0 Å². The molecule has 2 amide bonds. The van der Waals surface area contributed by atoms with E-state index in [2.05, 4.69) is 10.4 Å². The minimum atomic E-state index is -0.320. The van der Waals surface area contributed by atoms with Gasteiger partial charge in [-0.05, 0) is 30.5 Å². The van der Waals surface area contributed by atoms with Crippen molar-refractivity contribution in [1.82, 2.24) is 15.3 Å². The lowest BCUT2D eigenvalue weighted by atomic mass is 9.99. The molecule has 0 saturated heterocycles. The molecule has 1 aromatic heterocycles. The largest absolute Gasteiger partial charge is 0.397 e. The van der Waals surface area contributed by atoms with E-state index in [0.717, 1.165) is 12.0 Å². The minimum absolute atomic E-state index is 0.311. The molecule has 0 spiro atoms. The third kappa shape index (κ3) is 2.27. The van der Waals surface area contributed by atoms with Crippen molar-refractivity contribution in [2.75, 3.05) is 6.61 Å². The van der Waals surface area contributed by atoms with E-state index < -0.39 is 0 Å². The van der Waals surface area contributed by atoms with E-state index in [1.807, 2.05) is 6.07 Å². The van der Waals surface area contributed by atoms with Crippen LogP contribution in [0.3, 0.4) is 0 Å². The summed E-state index contributed by atoms with van der Waals surface area (Å²) in [6, 6.07) is 7.10. The second-order valence-electron chi connectivity index (χ2n) is 4.47. The number of fused-ring (bicyclic) bond motifs is 1. The molecule has 0 radical (unpaired) electrons. The van der Waals surface area contributed by atoms with Crippen molar-refractivity contribution in [3.05, 3.63) is 53.3 Å². The van der Waals surface area contributed by atoms with Crippen LogP contribution in [-0.2, 0) is 6.42 Å². The molecule has 2 heterocycles. The maximum atomic E-state index is 11.7. The number of hydrogen-bond acceptors (Lipinski definition) is 4. The zero-order chi connectivity index (χ0) is 13.9. The third-order valence-electron chi connectivity index (χ3n) is 3.14. The highest BCUT2D eigenvalue weighted by Crippen LogP contribution is 2.21. The summed E-state index contributed by atoms with van der Waals surface area (Å²) in [6.45, 7) is 0.487. The van der Waals surface area contributed by atoms with Gasteiger partial charge in [0.15, 0.2) is 0 Å². The van der Waals surface area contributed by atoms with Gasteiger partial charge in [-0.2, -0.15) is 0 Å². The first kappa shape index (κ1) is 12.4. The van der Waals surface area contributed by atoms with E-state index in [1.165, 1.54) is 4.85 Å². The van der Waals surface area contributed by atoms with Crippen LogP contribution in [-0.4, -0.2) is 28.4 Å².